The number of rotatable bonds is 2. The second-order valence-corrected chi connectivity index (χ2v) is 6.85. The number of halogens is 2. The molecule has 0 amide bonds. The third-order valence-corrected chi connectivity index (χ3v) is 5.10. The first-order valence-corrected chi connectivity index (χ1v) is 8.51. The lowest BCUT2D eigenvalue weighted by Crippen LogP contribution is -2.00. The van der Waals surface area contributed by atoms with Crippen molar-refractivity contribution < 1.29 is 0 Å². The molecule has 0 saturated carbocycles. The minimum atomic E-state index is 0.558. The van der Waals surface area contributed by atoms with Gasteiger partial charge in [0.1, 0.15) is 0 Å². The van der Waals surface area contributed by atoms with E-state index in [9.17, 15) is 0 Å². The minimum Gasteiger partial charge on any atom is -0.355 e. The van der Waals surface area contributed by atoms with Gasteiger partial charge in [0, 0.05) is 16.8 Å². The molecule has 0 unspecified atom stereocenters. The molecule has 0 spiro atoms. The molecule has 1 aliphatic rings. The molecule has 1 N–H and O–H groups in total. The Labute approximate surface area is 145 Å². The van der Waals surface area contributed by atoms with E-state index < -0.39 is 0 Å². The van der Waals surface area contributed by atoms with E-state index in [2.05, 4.69) is 30.4 Å². The molecule has 1 aromatic heterocycles. The summed E-state index contributed by atoms with van der Waals surface area (Å²) in [5.41, 5.74) is 6.92. The predicted molar refractivity (Wildman–Crippen MR) is 98.2 cm³/mol. The van der Waals surface area contributed by atoms with Crippen molar-refractivity contribution >= 4 is 45.5 Å². The summed E-state index contributed by atoms with van der Waals surface area (Å²) in [4.78, 5) is 4.84. The molecule has 2 aromatic carbocycles. The Morgan fingerprint density at radius 3 is 2.70 bits per heavy atom. The smallest absolute Gasteiger partial charge is 0.0726 e. The van der Waals surface area contributed by atoms with Crippen LogP contribution in [0.4, 0.5) is 11.4 Å². The summed E-state index contributed by atoms with van der Waals surface area (Å²) in [6.45, 7) is 2.11. The van der Waals surface area contributed by atoms with Crippen molar-refractivity contribution in [1.82, 2.24) is 4.98 Å². The first-order valence-electron chi connectivity index (χ1n) is 7.76. The van der Waals surface area contributed by atoms with Crippen LogP contribution in [0.25, 0.3) is 10.9 Å². The summed E-state index contributed by atoms with van der Waals surface area (Å²) in [6, 6.07) is 12.1. The van der Waals surface area contributed by atoms with Gasteiger partial charge in [-0.25, -0.2) is 0 Å². The third-order valence-electron chi connectivity index (χ3n) is 4.36. The van der Waals surface area contributed by atoms with Gasteiger partial charge in [-0.1, -0.05) is 34.8 Å². The van der Waals surface area contributed by atoms with Crippen LogP contribution in [-0.2, 0) is 12.8 Å². The van der Waals surface area contributed by atoms with Crippen molar-refractivity contribution in [2.24, 2.45) is 0 Å². The highest BCUT2D eigenvalue weighted by Gasteiger charge is 2.20. The average molecular weight is 343 g/mol. The van der Waals surface area contributed by atoms with Gasteiger partial charge in [0.25, 0.3) is 0 Å². The number of nitrogens with zero attached hydrogens (tertiary/aromatic N) is 1. The van der Waals surface area contributed by atoms with Crippen LogP contribution in [0.2, 0.25) is 10.0 Å². The predicted octanol–water partition coefficient (Wildman–Crippen LogP) is 6.08. The highest BCUT2D eigenvalue weighted by Crippen LogP contribution is 2.37. The molecule has 4 rings (SSSR count). The minimum absolute atomic E-state index is 0.558. The molecular formula is C19H16Cl2N2. The highest BCUT2D eigenvalue weighted by atomic mass is 35.5. The van der Waals surface area contributed by atoms with Crippen LogP contribution in [0.15, 0.2) is 36.4 Å². The quantitative estimate of drug-likeness (QED) is 0.610. The van der Waals surface area contributed by atoms with E-state index in [-0.39, 0.29) is 0 Å². The molecule has 0 saturated heterocycles. The summed E-state index contributed by atoms with van der Waals surface area (Å²) >= 11 is 12.2. The number of hydrogen-bond donors (Lipinski definition) is 1. The van der Waals surface area contributed by atoms with E-state index in [1.807, 2.05) is 18.2 Å². The zero-order chi connectivity index (χ0) is 16.0. The van der Waals surface area contributed by atoms with Gasteiger partial charge in [0.2, 0.25) is 0 Å². The van der Waals surface area contributed by atoms with Crippen molar-refractivity contribution in [3.63, 3.8) is 0 Å². The summed E-state index contributed by atoms with van der Waals surface area (Å²) in [6.07, 6.45) is 3.28. The maximum Gasteiger partial charge on any atom is 0.0726 e. The summed E-state index contributed by atoms with van der Waals surface area (Å²) < 4.78 is 0. The zero-order valence-corrected chi connectivity index (χ0v) is 14.3. The van der Waals surface area contributed by atoms with E-state index in [4.69, 9.17) is 28.2 Å². The van der Waals surface area contributed by atoms with Crippen LogP contribution in [0.1, 0.15) is 23.2 Å². The number of aromatic nitrogens is 1. The largest absolute Gasteiger partial charge is 0.355 e. The lowest BCUT2D eigenvalue weighted by Gasteiger charge is -2.15. The van der Waals surface area contributed by atoms with Crippen molar-refractivity contribution in [2.45, 2.75) is 26.2 Å². The molecule has 0 aliphatic heterocycles. The number of benzene rings is 2. The van der Waals surface area contributed by atoms with E-state index in [1.54, 1.807) is 0 Å². The van der Waals surface area contributed by atoms with Gasteiger partial charge in [0.05, 0.1) is 21.2 Å². The molecule has 4 heteroatoms. The molecule has 116 valence electrons. The Balaban J connectivity index is 1.90. The Morgan fingerprint density at radius 2 is 1.87 bits per heavy atom. The molecular weight excluding hydrogens is 327 g/mol. The van der Waals surface area contributed by atoms with Crippen LogP contribution in [0.5, 0.6) is 0 Å². The zero-order valence-electron chi connectivity index (χ0n) is 12.8. The topological polar surface area (TPSA) is 24.9 Å². The molecule has 3 aromatic rings. The number of hydrogen-bond acceptors (Lipinski definition) is 2. The maximum atomic E-state index is 6.16. The molecule has 0 radical (unpaired) electrons. The average Bonchev–Trinajstić information content (AvgIpc) is 2.99. The molecule has 2 nitrogen and oxygen atoms in total. The van der Waals surface area contributed by atoms with Crippen LogP contribution >= 0.6 is 23.2 Å². The summed E-state index contributed by atoms with van der Waals surface area (Å²) in [7, 11) is 0. The molecule has 23 heavy (non-hydrogen) atoms. The Kier molecular flexibility index (Phi) is 3.67. The molecule has 1 heterocycles. The second kappa shape index (κ2) is 5.70. The van der Waals surface area contributed by atoms with Gasteiger partial charge in [-0.15, -0.1) is 0 Å². The van der Waals surface area contributed by atoms with Gasteiger partial charge >= 0.3 is 0 Å². The molecule has 0 atom stereocenters. The molecule has 1 aliphatic carbocycles. The normalized spacial score (nSPS) is 13.3. The fourth-order valence-corrected chi connectivity index (χ4v) is 3.54. The van der Waals surface area contributed by atoms with E-state index in [0.29, 0.717) is 10.0 Å². The van der Waals surface area contributed by atoms with Crippen molar-refractivity contribution in [2.75, 3.05) is 5.32 Å². The fraction of sp³-hybridized carbons (Fsp3) is 0.211. The lowest BCUT2D eigenvalue weighted by atomic mass is 10.0. The summed E-state index contributed by atoms with van der Waals surface area (Å²) in [5, 5.41) is 5.85. The van der Waals surface area contributed by atoms with Gasteiger partial charge in [0.15, 0.2) is 0 Å². The third kappa shape index (κ3) is 2.66. The monoisotopic (exact) mass is 342 g/mol. The van der Waals surface area contributed by atoms with Crippen LogP contribution in [0, 0.1) is 6.92 Å². The van der Waals surface area contributed by atoms with Crippen LogP contribution in [-0.4, -0.2) is 4.98 Å². The Morgan fingerprint density at radius 1 is 1.00 bits per heavy atom. The maximum absolute atomic E-state index is 6.16. The van der Waals surface area contributed by atoms with Gasteiger partial charge in [-0.3, -0.25) is 4.98 Å². The summed E-state index contributed by atoms with van der Waals surface area (Å²) in [5.74, 6) is 0. The number of nitrogens with one attached hydrogen (secondary N) is 1. The highest BCUT2D eigenvalue weighted by molar-refractivity contribution is 6.42. The first kappa shape index (κ1) is 14.8. The van der Waals surface area contributed by atoms with E-state index >= 15 is 0 Å². The molecule has 0 bridgehead atoms. The van der Waals surface area contributed by atoms with Gasteiger partial charge in [-0.2, -0.15) is 0 Å². The van der Waals surface area contributed by atoms with E-state index in [0.717, 1.165) is 41.5 Å². The van der Waals surface area contributed by atoms with Gasteiger partial charge in [-0.05, 0) is 62.1 Å². The number of fused-ring (bicyclic) bond motifs is 2. The van der Waals surface area contributed by atoms with Crippen LogP contribution < -0.4 is 5.32 Å². The number of anilines is 2. The first-order chi connectivity index (χ1) is 11.1. The van der Waals surface area contributed by atoms with Crippen LogP contribution in [0.3, 0.4) is 0 Å². The number of aryl methyl sites for hydroxylation is 2. The van der Waals surface area contributed by atoms with E-state index in [1.165, 1.54) is 16.8 Å². The SMILES string of the molecule is Cc1ccc2nc3c(c(Nc4ccc(Cl)c(Cl)c4)c2c1)CCC3. The van der Waals surface area contributed by atoms with Crippen molar-refractivity contribution in [1.29, 1.82) is 0 Å². The van der Waals surface area contributed by atoms with Crippen molar-refractivity contribution in [3.8, 4) is 0 Å². The Bertz CT molecular complexity index is 919. The molecule has 0 fully saturated rings. The fourth-order valence-electron chi connectivity index (χ4n) is 3.24. The van der Waals surface area contributed by atoms with Gasteiger partial charge < -0.3 is 5.32 Å². The Hall–Kier alpha value is -1.77. The number of pyridine rings is 1. The second-order valence-electron chi connectivity index (χ2n) is 6.04. The van der Waals surface area contributed by atoms with Crippen molar-refractivity contribution in [3.05, 3.63) is 63.3 Å². The standard InChI is InChI=1S/C19H16Cl2N2/c1-11-5-8-18-14(9-11)19(13-3-2-4-17(13)23-18)22-12-6-7-15(20)16(21)10-12/h5-10H,2-4H2,1H3,(H,22,23). The lowest BCUT2D eigenvalue weighted by molar-refractivity contribution is 0.901.